The van der Waals surface area contributed by atoms with Crippen LogP contribution in [-0.2, 0) is 19.6 Å². The summed E-state index contributed by atoms with van der Waals surface area (Å²) >= 11 is 3.21. The van der Waals surface area contributed by atoms with Crippen LogP contribution in [0.5, 0.6) is 5.75 Å². The molecule has 1 amide bonds. The van der Waals surface area contributed by atoms with Gasteiger partial charge in [-0.25, -0.2) is 4.79 Å². The maximum atomic E-state index is 12.6. The standard InChI is InChI=1S/C25H18BrN3O8S/c1-2-36-25(31)17-4-6-19(7-5-17)28-24(30)18(15-27)13-16-3-12-23(22(26)14-16)37-38(34,35)21-10-8-20(9-11-21)29(32)33/h3-14H,2H2,1H3,(H,28,30)/b18-13+. The van der Waals surface area contributed by atoms with Gasteiger partial charge in [0.05, 0.1) is 21.6 Å². The zero-order valence-electron chi connectivity index (χ0n) is 19.6. The summed E-state index contributed by atoms with van der Waals surface area (Å²) in [5.74, 6) is -1.28. The average Bonchev–Trinajstić information content (AvgIpc) is 2.89. The second-order valence-electron chi connectivity index (χ2n) is 7.40. The van der Waals surface area contributed by atoms with Crippen molar-refractivity contribution < 1.29 is 31.9 Å². The predicted molar refractivity (Wildman–Crippen MR) is 140 cm³/mol. The molecule has 0 aliphatic heterocycles. The summed E-state index contributed by atoms with van der Waals surface area (Å²) in [4.78, 5) is 34.2. The molecule has 0 spiro atoms. The number of non-ortho nitro benzene ring substituents is 1. The molecule has 0 aliphatic carbocycles. The van der Waals surface area contributed by atoms with E-state index >= 15 is 0 Å². The van der Waals surface area contributed by atoms with Crippen molar-refractivity contribution in [3.05, 3.63) is 98.0 Å². The van der Waals surface area contributed by atoms with E-state index in [1.54, 1.807) is 6.92 Å². The lowest BCUT2D eigenvalue weighted by Gasteiger charge is -2.09. The first-order valence-corrected chi connectivity index (χ1v) is 12.9. The number of nitrogens with zero attached hydrogens (tertiary/aromatic N) is 2. The number of rotatable bonds is 9. The van der Waals surface area contributed by atoms with E-state index in [-0.39, 0.29) is 33.0 Å². The van der Waals surface area contributed by atoms with Gasteiger partial charge in [0.1, 0.15) is 16.5 Å². The number of hydrogen-bond donors (Lipinski definition) is 1. The van der Waals surface area contributed by atoms with Crippen molar-refractivity contribution in [1.29, 1.82) is 5.26 Å². The quantitative estimate of drug-likeness (QED) is 0.0903. The highest BCUT2D eigenvalue weighted by atomic mass is 79.9. The van der Waals surface area contributed by atoms with E-state index in [2.05, 4.69) is 21.2 Å². The van der Waals surface area contributed by atoms with Crippen LogP contribution in [0.1, 0.15) is 22.8 Å². The molecule has 3 aromatic carbocycles. The highest BCUT2D eigenvalue weighted by Crippen LogP contribution is 2.30. The number of amides is 1. The van der Waals surface area contributed by atoms with Gasteiger partial charge in [0.15, 0.2) is 5.75 Å². The van der Waals surface area contributed by atoms with Crippen molar-refractivity contribution in [2.24, 2.45) is 0 Å². The molecule has 0 radical (unpaired) electrons. The summed E-state index contributed by atoms with van der Waals surface area (Å²) < 4.78 is 35.3. The van der Waals surface area contributed by atoms with Crippen LogP contribution in [0.15, 0.2) is 81.7 Å². The van der Waals surface area contributed by atoms with Crippen molar-refractivity contribution in [1.82, 2.24) is 0 Å². The third kappa shape index (κ3) is 7.02. The molecular formula is C25H18BrN3O8S. The number of hydrogen-bond acceptors (Lipinski definition) is 9. The van der Waals surface area contributed by atoms with Crippen LogP contribution in [-0.4, -0.2) is 31.8 Å². The van der Waals surface area contributed by atoms with Crippen molar-refractivity contribution >= 4 is 55.4 Å². The molecule has 0 heterocycles. The normalized spacial score (nSPS) is 11.2. The van der Waals surface area contributed by atoms with E-state index in [0.717, 1.165) is 24.3 Å². The average molecular weight is 600 g/mol. The molecule has 0 aliphatic rings. The van der Waals surface area contributed by atoms with Crippen LogP contribution < -0.4 is 9.50 Å². The van der Waals surface area contributed by atoms with Gasteiger partial charge >= 0.3 is 16.1 Å². The maximum Gasteiger partial charge on any atom is 0.339 e. The number of nitro groups is 1. The molecule has 0 aromatic heterocycles. The molecule has 194 valence electrons. The lowest BCUT2D eigenvalue weighted by Crippen LogP contribution is -2.13. The molecule has 1 N–H and O–H groups in total. The Bertz CT molecular complexity index is 1560. The van der Waals surface area contributed by atoms with Crippen LogP contribution in [0.3, 0.4) is 0 Å². The number of benzene rings is 3. The lowest BCUT2D eigenvalue weighted by molar-refractivity contribution is -0.384. The van der Waals surface area contributed by atoms with Crippen molar-refractivity contribution in [3.63, 3.8) is 0 Å². The first-order chi connectivity index (χ1) is 18.0. The van der Waals surface area contributed by atoms with Gasteiger partial charge in [0.25, 0.3) is 11.6 Å². The number of nitrogens with one attached hydrogen (secondary N) is 1. The third-order valence-electron chi connectivity index (χ3n) is 4.82. The number of nitro benzene ring substituents is 1. The van der Waals surface area contributed by atoms with Crippen LogP contribution in [0.4, 0.5) is 11.4 Å². The fourth-order valence-corrected chi connectivity index (χ4v) is 4.52. The van der Waals surface area contributed by atoms with Crippen molar-refractivity contribution in [2.45, 2.75) is 11.8 Å². The summed E-state index contributed by atoms with van der Waals surface area (Å²) in [6.07, 6.45) is 1.29. The number of ether oxygens (including phenoxy) is 1. The first-order valence-electron chi connectivity index (χ1n) is 10.7. The van der Waals surface area contributed by atoms with E-state index in [1.807, 2.05) is 6.07 Å². The van der Waals surface area contributed by atoms with Gasteiger partial charge in [0, 0.05) is 17.8 Å². The number of esters is 1. The number of anilines is 1. The molecule has 38 heavy (non-hydrogen) atoms. The van der Waals surface area contributed by atoms with Gasteiger partial charge in [0.2, 0.25) is 0 Å². The van der Waals surface area contributed by atoms with E-state index in [1.165, 1.54) is 48.5 Å². The van der Waals surface area contributed by atoms with Crippen LogP contribution in [0.2, 0.25) is 0 Å². The topological polar surface area (TPSA) is 166 Å². The summed E-state index contributed by atoms with van der Waals surface area (Å²) in [5.41, 5.74) is 0.543. The summed E-state index contributed by atoms with van der Waals surface area (Å²) in [5, 5.41) is 22.8. The van der Waals surface area contributed by atoms with Crippen molar-refractivity contribution in [3.8, 4) is 11.8 Å². The fraction of sp³-hybridized carbons (Fsp3) is 0.0800. The second-order valence-corrected chi connectivity index (χ2v) is 9.80. The Hall–Kier alpha value is -4.54. The largest absolute Gasteiger partial charge is 0.462 e. The summed E-state index contributed by atoms with van der Waals surface area (Å²) in [7, 11) is -4.29. The SMILES string of the molecule is CCOC(=O)c1ccc(NC(=O)/C(C#N)=C/c2ccc(OS(=O)(=O)c3ccc([N+](=O)[O-])cc3)c(Br)c2)cc1. The summed E-state index contributed by atoms with van der Waals surface area (Å²) in [6, 6.07) is 16.1. The van der Waals surface area contributed by atoms with Crippen molar-refractivity contribution in [2.75, 3.05) is 11.9 Å². The smallest absolute Gasteiger partial charge is 0.339 e. The van der Waals surface area contributed by atoms with Crippen LogP contribution in [0, 0.1) is 21.4 Å². The number of halogens is 1. The third-order valence-corrected chi connectivity index (χ3v) is 6.69. The monoisotopic (exact) mass is 599 g/mol. The molecular weight excluding hydrogens is 582 g/mol. The number of carbonyl (C=O) groups is 2. The fourth-order valence-electron chi connectivity index (χ4n) is 2.99. The van der Waals surface area contributed by atoms with E-state index in [9.17, 15) is 33.4 Å². The molecule has 0 fully saturated rings. The zero-order chi connectivity index (χ0) is 27.9. The molecule has 0 unspecified atom stereocenters. The van der Waals surface area contributed by atoms with Crippen LogP contribution >= 0.6 is 15.9 Å². The molecule has 3 rings (SSSR count). The highest BCUT2D eigenvalue weighted by Gasteiger charge is 2.20. The Kier molecular flexibility index (Phi) is 8.95. The van der Waals surface area contributed by atoms with Gasteiger partial charge in [-0.1, -0.05) is 6.07 Å². The maximum absolute atomic E-state index is 12.6. The van der Waals surface area contributed by atoms with Gasteiger partial charge < -0.3 is 14.2 Å². The van der Waals surface area contributed by atoms with Gasteiger partial charge in [-0.2, -0.15) is 13.7 Å². The minimum absolute atomic E-state index is 0.0786. The molecule has 0 saturated heterocycles. The zero-order valence-corrected chi connectivity index (χ0v) is 22.0. The Balaban J connectivity index is 1.74. The molecule has 3 aromatic rings. The molecule has 13 heteroatoms. The van der Waals surface area contributed by atoms with Gasteiger partial charge in [-0.05, 0) is 83.0 Å². The molecule has 0 saturated carbocycles. The Morgan fingerprint density at radius 3 is 2.32 bits per heavy atom. The Morgan fingerprint density at radius 2 is 1.76 bits per heavy atom. The minimum Gasteiger partial charge on any atom is -0.462 e. The predicted octanol–water partition coefficient (Wildman–Crippen LogP) is 4.85. The van der Waals surface area contributed by atoms with E-state index < -0.39 is 26.9 Å². The first kappa shape index (κ1) is 28.0. The van der Waals surface area contributed by atoms with E-state index in [4.69, 9.17) is 8.92 Å². The lowest BCUT2D eigenvalue weighted by atomic mass is 10.1. The van der Waals surface area contributed by atoms with Gasteiger partial charge in [-0.3, -0.25) is 14.9 Å². The number of nitriles is 1. The molecule has 0 atom stereocenters. The Labute approximate surface area is 225 Å². The Morgan fingerprint density at radius 1 is 1.11 bits per heavy atom. The number of carbonyl (C=O) groups excluding carboxylic acids is 2. The molecule has 11 nitrogen and oxygen atoms in total. The highest BCUT2D eigenvalue weighted by molar-refractivity contribution is 9.10. The van der Waals surface area contributed by atoms with E-state index in [0.29, 0.717) is 16.8 Å². The second kappa shape index (κ2) is 12.1. The molecule has 0 bridgehead atoms. The minimum atomic E-state index is -4.29. The van der Waals surface area contributed by atoms with Crippen LogP contribution in [0.25, 0.3) is 6.08 Å². The van der Waals surface area contributed by atoms with Gasteiger partial charge in [-0.15, -0.1) is 0 Å². The summed E-state index contributed by atoms with van der Waals surface area (Å²) in [6.45, 7) is 1.91.